The summed E-state index contributed by atoms with van der Waals surface area (Å²) in [6.45, 7) is 6.38. The van der Waals surface area contributed by atoms with Crippen LogP contribution >= 0.6 is 0 Å². The van der Waals surface area contributed by atoms with Crippen molar-refractivity contribution in [1.82, 2.24) is 0 Å². The number of carbonyl (C=O) groups is 1. The first-order valence-electron chi connectivity index (χ1n) is 6.19. The fourth-order valence-electron chi connectivity index (χ4n) is 1.33. The average molecular weight is 273 g/mol. The number of carboxylic acid groups (broad SMARTS) is 1. The molecule has 0 heterocycles. The maximum Gasteiger partial charge on any atom is 0.329 e. The predicted octanol–water partition coefficient (Wildman–Crippen LogP) is 2.83. The van der Waals surface area contributed by atoms with Gasteiger partial charge in [0.05, 0.1) is 0 Å². The van der Waals surface area contributed by atoms with Crippen LogP contribution in [-0.4, -0.2) is 31.4 Å². The Morgan fingerprint density at radius 3 is 2.53 bits per heavy atom. The van der Waals surface area contributed by atoms with E-state index in [0.717, 1.165) is 5.56 Å². The van der Waals surface area contributed by atoms with Gasteiger partial charge in [0.15, 0.2) is 6.04 Å². The molecular weight excluding hydrogens is 254 g/mol. The molecule has 0 aliphatic heterocycles. The van der Waals surface area contributed by atoms with Crippen molar-refractivity contribution < 1.29 is 9.90 Å². The Bertz CT molecular complexity index is 506. The second kappa shape index (κ2) is 6.91. The van der Waals surface area contributed by atoms with E-state index < -0.39 is 20.1 Å². The SMILES string of the molecule is C[Si](C)(C)C#CCC(/N=C/c1ccccc1)C(=O)O. The van der Waals surface area contributed by atoms with Crippen LogP contribution < -0.4 is 0 Å². The molecule has 4 heteroatoms. The van der Waals surface area contributed by atoms with Crippen molar-refractivity contribution in [2.45, 2.75) is 32.1 Å². The molecule has 0 saturated heterocycles. The molecule has 1 rings (SSSR count). The van der Waals surface area contributed by atoms with Gasteiger partial charge in [0.1, 0.15) is 8.07 Å². The molecule has 0 saturated carbocycles. The number of nitrogens with zero attached hydrogens (tertiary/aromatic N) is 1. The smallest absolute Gasteiger partial charge is 0.329 e. The number of hydrogen-bond donors (Lipinski definition) is 1. The van der Waals surface area contributed by atoms with Gasteiger partial charge in [-0.05, 0) is 5.56 Å². The van der Waals surface area contributed by atoms with Crippen LogP contribution in [0.15, 0.2) is 35.3 Å². The van der Waals surface area contributed by atoms with E-state index >= 15 is 0 Å². The van der Waals surface area contributed by atoms with Gasteiger partial charge < -0.3 is 5.11 Å². The molecule has 1 N–H and O–H groups in total. The second-order valence-electron chi connectivity index (χ2n) is 5.30. The average Bonchev–Trinajstić information content (AvgIpc) is 2.33. The van der Waals surface area contributed by atoms with Crippen LogP contribution in [0.1, 0.15) is 12.0 Å². The van der Waals surface area contributed by atoms with Crippen LogP contribution in [-0.2, 0) is 4.79 Å². The summed E-state index contributed by atoms with van der Waals surface area (Å²) in [5.41, 5.74) is 4.05. The summed E-state index contributed by atoms with van der Waals surface area (Å²) in [5, 5.41) is 9.11. The lowest BCUT2D eigenvalue weighted by molar-refractivity contribution is -0.138. The molecule has 0 aliphatic carbocycles. The zero-order chi connectivity index (χ0) is 14.3. The third-order valence-electron chi connectivity index (χ3n) is 2.25. The lowest BCUT2D eigenvalue weighted by Crippen LogP contribution is -2.19. The summed E-state index contributed by atoms with van der Waals surface area (Å²) in [5.74, 6) is 2.03. The Labute approximate surface area is 115 Å². The van der Waals surface area contributed by atoms with E-state index in [-0.39, 0.29) is 6.42 Å². The van der Waals surface area contributed by atoms with E-state index in [9.17, 15) is 4.79 Å². The zero-order valence-electron chi connectivity index (χ0n) is 11.6. The molecule has 0 radical (unpaired) electrons. The maximum absolute atomic E-state index is 11.1. The Morgan fingerprint density at radius 1 is 1.37 bits per heavy atom. The fraction of sp³-hybridized carbons (Fsp3) is 0.333. The van der Waals surface area contributed by atoms with E-state index in [1.165, 1.54) is 0 Å². The highest BCUT2D eigenvalue weighted by molar-refractivity contribution is 6.83. The second-order valence-corrected chi connectivity index (χ2v) is 10.0. The van der Waals surface area contributed by atoms with Gasteiger partial charge in [0.2, 0.25) is 0 Å². The van der Waals surface area contributed by atoms with Crippen LogP contribution in [0, 0.1) is 11.5 Å². The van der Waals surface area contributed by atoms with Crippen molar-refractivity contribution in [1.29, 1.82) is 0 Å². The summed E-state index contributed by atoms with van der Waals surface area (Å²) in [6, 6.07) is 8.67. The summed E-state index contributed by atoms with van der Waals surface area (Å²) in [4.78, 5) is 15.2. The molecule has 0 aromatic heterocycles. The third-order valence-corrected chi connectivity index (χ3v) is 3.17. The first-order chi connectivity index (χ1) is 8.88. The molecule has 1 aromatic rings. The monoisotopic (exact) mass is 273 g/mol. The van der Waals surface area contributed by atoms with Gasteiger partial charge in [-0.15, -0.1) is 11.5 Å². The highest BCUT2D eigenvalue weighted by atomic mass is 28.3. The van der Waals surface area contributed by atoms with Gasteiger partial charge in [-0.1, -0.05) is 50.0 Å². The van der Waals surface area contributed by atoms with E-state index in [0.29, 0.717) is 0 Å². The Balaban J connectivity index is 2.71. The molecule has 0 amide bonds. The molecule has 1 aromatic carbocycles. The third kappa shape index (κ3) is 6.58. The minimum atomic E-state index is -1.45. The molecular formula is C15H19NO2Si. The number of hydrogen-bond acceptors (Lipinski definition) is 2. The van der Waals surface area contributed by atoms with E-state index in [4.69, 9.17) is 5.11 Å². The molecule has 0 bridgehead atoms. The Hall–Kier alpha value is -1.86. The molecule has 0 aliphatic rings. The molecule has 3 nitrogen and oxygen atoms in total. The van der Waals surface area contributed by atoms with Crippen molar-refractivity contribution in [3.8, 4) is 11.5 Å². The number of rotatable bonds is 4. The highest BCUT2D eigenvalue weighted by Gasteiger charge is 2.14. The first kappa shape index (κ1) is 15.2. The lowest BCUT2D eigenvalue weighted by Gasteiger charge is -2.05. The molecule has 0 spiro atoms. The number of aliphatic imine (C=N–C) groups is 1. The van der Waals surface area contributed by atoms with Crippen molar-refractivity contribution in [3.05, 3.63) is 35.9 Å². The van der Waals surface area contributed by atoms with Crippen LogP contribution in [0.3, 0.4) is 0 Å². The summed E-state index contributed by atoms with van der Waals surface area (Å²) >= 11 is 0. The highest BCUT2D eigenvalue weighted by Crippen LogP contribution is 2.02. The first-order valence-corrected chi connectivity index (χ1v) is 9.69. The largest absolute Gasteiger partial charge is 0.480 e. The Kier molecular flexibility index (Phi) is 5.52. The topological polar surface area (TPSA) is 49.7 Å². The van der Waals surface area contributed by atoms with E-state index in [1.54, 1.807) is 6.21 Å². The van der Waals surface area contributed by atoms with Crippen molar-refractivity contribution in [3.63, 3.8) is 0 Å². The van der Waals surface area contributed by atoms with E-state index in [1.807, 2.05) is 30.3 Å². The maximum atomic E-state index is 11.1. The van der Waals surface area contributed by atoms with Crippen LogP contribution in [0.2, 0.25) is 19.6 Å². The van der Waals surface area contributed by atoms with Gasteiger partial charge in [0, 0.05) is 12.6 Å². The zero-order valence-corrected chi connectivity index (χ0v) is 12.6. The van der Waals surface area contributed by atoms with Crippen LogP contribution in [0.25, 0.3) is 0 Å². The van der Waals surface area contributed by atoms with Gasteiger partial charge >= 0.3 is 5.97 Å². The number of carboxylic acids is 1. The standard InChI is InChI=1S/C15H19NO2Si/c1-19(2,3)11-7-10-14(15(17)18)16-12-13-8-5-4-6-9-13/h4-6,8-9,12,14H,10H2,1-3H3,(H,17,18)/b16-12+. The normalized spacial score (nSPS) is 12.8. The molecule has 19 heavy (non-hydrogen) atoms. The minimum Gasteiger partial charge on any atom is -0.480 e. The minimum absolute atomic E-state index is 0.267. The summed E-state index contributed by atoms with van der Waals surface area (Å²) < 4.78 is 0. The lowest BCUT2D eigenvalue weighted by atomic mass is 10.2. The van der Waals surface area contributed by atoms with Gasteiger partial charge in [-0.25, -0.2) is 4.79 Å². The summed E-state index contributed by atoms with van der Waals surface area (Å²) in [6.07, 6.45) is 1.86. The molecule has 0 fully saturated rings. The van der Waals surface area contributed by atoms with E-state index in [2.05, 4.69) is 36.1 Å². The number of benzene rings is 1. The predicted molar refractivity (Wildman–Crippen MR) is 81.2 cm³/mol. The van der Waals surface area contributed by atoms with Gasteiger partial charge in [-0.2, -0.15) is 0 Å². The van der Waals surface area contributed by atoms with Crippen molar-refractivity contribution in [2.24, 2.45) is 4.99 Å². The van der Waals surface area contributed by atoms with Gasteiger partial charge in [-0.3, -0.25) is 4.99 Å². The van der Waals surface area contributed by atoms with Crippen molar-refractivity contribution in [2.75, 3.05) is 0 Å². The van der Waals surface area contributed by atoms with Crippen molar-refractivity contribution >= 4 is 20.3 Å². The van der Waals surface area contributed by atoms with Gasteiger partial charge in [0.25, 0.3) is 0 Å². The quantitative estimate of drug-likeness (QED) is 0.521. The molecule has 1 unspecified atom stereocenters. The fourth-order valence-corrected chi connectivity index (χ4v) is 1.96. The molecule has 1 atom stereocenters. The molecule has 100 valence electrons. The van der Waals surface area contributed by atoms with Crippen LogP contribution in [0.5, 0.6) is 0 Å². The number of aliphatic carboxylic acids is 1. The summed E-state index contributed by atoms with van der Waals surface area (Å²) in [7, 11) is -1.45. The van der Waals surface area contributed by atoms with Crippen LogP contribution in [0.4, 0.5) is 0 Å². The Morgan fingerprint density at radius 2 is 2.00 bits per heavy atom.